The van der Waals surface area contributed by atoms with Crippen LogP contribution in [0.3, 0.4) is 0 Å². The van der Waals surface area contributed by atoms with E-state index in [-0.39, 0.29) is 23.7 Å². The van der Waals surface area contributed by atoms with Crippen molar-refractivity contribution in [2.45, 2.75) is 56.5 Å². The highest BCUT2D eigenvalue weighted by Gasteiger charge is 2.60. The molecule has 2 aromatic heterocycles. The number of nitrogens with zero attached hydrogens (tertiary/aromatic N) is 4. The van der Waals surface area contributed by atoms with Gasteiger partial charge in [-0.3, -0.25) is 14.8 Å². The van der Waals surface area contributed by atoms with Gasteiger partial charge in [-0.15, -0.1) is 11.3 Å². The van der Waals surface area contributed by atoms with Gasteiger partial charge in [0, 0.05) is 41.6 Å². The average molecular weight is 541 g/mol. The van der Waals surface area contributed by atoms with Crippen molar-refractivity contribution in [2.75, 3.05) is 19.1 Å². The SMILES string of the molecule is COc1cc(C(=O)N2[C@@H](c3nccs3)[C@@H](c3cnccn3)C[C@@]2(CCSC)C(=O)O)ccc1C(C)(C)C. The number of aromatic nitrogens is 3. The summed E-state index contributed by atoms with van der Waals surface area (Å²) >= 11 is 2.97. The molecule has 3 atom stereocenters. The van der Waals surface area contributed by atoms with Crippen LogP contribution in [0.15, 0.2) is 48.4 Å². The molecular weight excluding hydrogens is 508 g/mol. The molecule has 1 amide bonds. The monoisotopic (exact) mass is 540 g/mol. The summed E-state index contributed by atoms with van der Waals surface area (Å²) < 4.78 is 5.66. The number of hydrogen-bond acceptors (Lipinski definition) is 8. The molecule has 1 aliphatic heterocycles. The quantitative estimate of drug-likeness (QED) is 0.416. The van der Waals surface area contributed by atoms with Crippen LogP contribution in [0, 0.1) is 0 Å². The van der Waals surface area contributed by atoms with Gasteiger partial charge in [-0.1, -0.05) is 26.8 Å². The maximum absolute atomic E-state index is 14.4. The number of carboxylic acids is 1. The first-order chi connectivity index (χ1) is 17.6. The van der Waals surface area contributed by atoms with Crippen LogP contribution in [0.25, 0.3) is 0 Å². The number of thiazole rings is 1. The van der Waals surface area contributed by atoms with Crippen LogP contribution >= 0.6 is 23.1 Å². The lowest BCUT2D eigenvalue weighted by atomic mass is 9.85. The first-order valence-electron chi connectivity index (χ1n) is 12.0. The zero-order chi connectivity index (χ0) is 26.8. The fraction of sp³-hybridized carbons (Fsp3) is 0.444. The second kappa shape index (κ2) is 10.8. The number of ether oxygens (including phenoxy) is 1. The summed E-state index contributed by atoms with van der Waals surface area (Å²) in [6.45, 7) is 6.23. The molecule has 0 spiro atoms. The van der Waals surface area contributed by atoms with E-state index in [1.54, 1.807) is 60.7 Å². The highest BCUT2D eigenvalue weighted by atomic mass is 32.2. The standard InChI is InChI=1S/C27H32N4O4S2/c1-26(2,3)19-7-6-17(14-21(19)35-4)24(32)31-22(23-30-11-13-37-23)18(20-16-28-9-10-29-20)15-27(31,25(33)34)8-12-36-5/h6-7,9-11,13-14,16,18,22H,8,12,15H2,1-5H3,(H,33,34)/t18-,22-,27+/m1/s1. The molecule has 0 radical (unpaired) electrons. The van der Waals surface area contributed by atoms with Gasteiger partial charge in [0.05, 0.1) is 18.8 Å². The molecule has 0 aliphatic carbocycles. The summed E-state index contributed by atoms with van der Waals surface area (Å²) in [5.41, 5.74) is 0.363. The van der Waals surface area contributed by atoms with Crippen LogP contribution < -0.4 is 4.74 Å². The molecule has 0 saturated carbocycles. The lowest BCUT2D eigenvalue weighted by Crippen LogP contribution is -2.54. The molecule has 4 rings (SSSR count). The van der Waals surface area contributed by atoms with Gasteiger partial charge in [0.25, 0.3) is 5.91 Å². The van der Waals surface area contributed by atoms with E-state index < -0.39 is 17.6 Å². The number of carbonyl (C=O) groups excluding carboxylic acids is 1. The fourth-order valence-corrected chi connectivity index (χ4v) is 6.48. The molecular formula is C27H32N4O4S2. The minimum atomic E-state index is -1.44. The zero-order valence-corrected chi connectivity index (χ0v) is 23.3. The number of likely N-dealkylation sites (tertiary alicyclic amines) is 1. The number of carboxylic acid groups (broad SMARTS) is 1. The van der Waals surface area contributed by atoms with Crippen molar-refractivity contribution in [3.8, 4) is 5.75 Å². The van der Waals surface area contributed by atoms with E-state index in [2.05, 4.69) is 35.7 Å². The van der Waals surface area contributed by atoms with Crippen LogP contribution in [0.4, 0.5) is 0 Å². The van der Waals surface area contributed by atoms with E-state index in [0.717, 1.165) is 5.56 Å². The second-order valence-corrected chi connectivity index (χ2v) is 12.1. The smallest absolute Gasteiger partial charge is 0.329 e. The normalized spacial score (nSPS) is 21.7. The Morgan fingerprint density at radius 2 is 2.03 bits per heavy atom. The second-order valence-electron chi connectivity index (χ2n) is 10.2. The third kappa shape index (κ3) is 5.09. The van der Waals surface area contributed by atoms with Crippen LogP contribution in [-0.4, -0.2) is 61.5 Å². The number of benzene rings is 1. The molecule has 1 saturated heterocycles. The molecule has 3 aromatic rings. The van der Waals surface area contributed by atoms with Crippen molar-refractivity contribution in [3.05, 3.63) is 70.2 Å². The summed E-state index contributed by atoms with van der Waals surface area (Å²) in [6, 6.07) is 4.78. The van der Waals surface area contributed by atoms with Gasteiger partial charge >= 0.3 is 5.97 Å². The minimum absolute atomic E-state index is 0.190. The first kappa shape index (κ1) is 27.1. The first-order valence-corrected chi connectivity index (χ1v) is 14.3. The molecule has 0 bridgehead atoms. The topological polar surface area (TPSA) is 106 Å². The maximum atomic E-state index is 14.4. The van der Waals surface area contributed by atoms with E-state index in [9.17, 15) is 14.7 Å². The summed E-state index contributed by atoms with van der Waals surface area (Å²) in [7, 11) is 1.58. The highest BCUT2D eigenvalue weighted by Crippen LogP contribution is 2.54. The van der Waals surface area contributed by atoms with Crippen molar-refractivity contribution in [3.63, 3.8) is 0 Å². The molecule has 37 heavy (non-hydrogen) atoms. The summed E-state index contributed by atoms with van der Waals surface area (Å²) in [4.78, 5) is 42.3. The Balaban J connectivity index is 1.91. The molecule has 0 unspecified atom stereocenters. The summed E-state index contributed by atoms with van der Waals surface area (Å²) in [5, 5.41) is 13.2. The Labute approximate surface area is 225 Å². The summed E-state index contributed by atoms with van der Waals surface area (Å²) in [5.74, 6) is -0.591. The van der Waals surface area contributed by atoms with Crippen molar-refractivity contribution >= 4 is 35.0 Å². The van der Waals surface area contributed by atoms with E-state index in [0.29, 0.717) is 34.2 Å². The number of rotatable bonds is 8. The maximum Gasteiger partial charge on any atom is 0.329 e. The van der Waals surface area contributed by atoms with Gasteiger partial charge in [-0.05, 0) is 48.0 Å². The van der Waals surface area contributed by atoms with E-state index in [1.165, 1.54) is 11.3 Å². The van der Waals surface area contributed by atoms with Crippen LogP contribution in [0.2, 0.25) is 0 Å². The number of methoxy groups -OCH3 is 1. The van der Waals surface area contributed by atoms with Gasteiger partial charge in [0.2, 0.25) is 0 Å². The van der Waals surface area contributed by atoms with Crippen LogP contribution in [-0.2, 0) is 10.2 Å². The van der Waals surface area contributed by atoms with Crippen molar-refractivity contribution in [1.82, 2.24) is 19.9 Å². The lowest BCUT2D eigenvalue weighted by Gasteiger charge is -2.38. The number of amides is 1. The highest BCUT2D eigenvalue weighted by molar-refractivity contribution is 7.98. The lowest BCUT2D eigenvalue weighted by molar-refractivity contribution is -0.149. The molecule has 196 valence electrons. The van der Waals surface area contributed by atoms with Gasteiger partial charge in [0.1, 0.15) is 16.3 Å². The minimum Gasteiger partial charge on any atom is -0.496 e. The Bertz CT molecular complexity index is 1250. The Kier molecular flexibility index (Phi) is 7.89. The van der Waals surface area contributed by atoms with E-state index in [1.807, 2.05) is 17.7 Å². The van der Waals surface area contributed by atoms with Gasteiger partial charge in [0.15, 0.2) is 0 Å². The van der Waals surface area contributed by atoms with Gasteiger partial charge < -0.3 is 14.7 Å². The molecule has 10 heteroatoms. The predicted molar refractivity (Wildman–Crippen MR) is 145 cm³/mol. The van der Waals surface area contributed by atoms with Gasteiger partial charge in [-0.25, -0.2) is 9.78 Å². The number of thioether (sulfide) groups is 1. The van der Waals surface area contributed by atoms with Crippen molar-refractivity contribution in [1.29, 1.82) is 0 Å². The van der Waals surface area contributed by atoms with E-state index in [4.69, 9.17) is 4.74 Å². The number of aliphatic carboxylic acids is 1. The Hall–Kier alpha value is -2.98. The number of hydrogen-bond donors (Lipinski definition) is 1. The van der Waals surface area contributed by atoms with Crippen LogP contribution in [0.1, 0.15) is 72.2 Å². The van der Waals surface area contributed by atoms with Crippen molar-refractivity contribution in [2.24, 2.45) is 0 Å². The van der Waals surface area contributed by atoms with E-state index >= 15 is 0 Å². The molecule has 1 N–H and O–H groups in total. The molecule has 1 aliphatic rings. The van der Waals surface area contributed by atoms with Crippen molar-refractivity contribution < 1.29 is 19.4 Å². The summed E-state index contributed by atoms with van der Waals surface area (Å²) in [6.07, 6.45) is 8.97. The molecule has 1 aromatic carbocycles. The Morgan fingerprint density at radius 1 is 1.24 bits per heavy atom. The van der Waals surface area contributed by atoms with Gasteiger partial charge in [-0.2, -0.15) is 11.8 Å². The number of carbonyl (C=O) groups is 2. The van der Waals surface area contributed by atoms with Crippen LogP contribution in [0.5, 0.6) is 5.75 Å². The Morgan fingerprint density at radius 3 is 2.59 bits per heavy atom. The largest absolute Gasteiger partial charge is 0.496 e. The molecule has 1 fully saturated rings. The fourth-order valence-electron chi connectivity index (χ4n) is 5.15. The molecule has 3 heterocycles. The average Bonchev–Trinajstić information content (AvgIpc) is 3.53. The molecule has 8 nitrogen and oxygen atoms in total. The third-order valence-corrected chi connectivity index (χ3v) is 8.40. The zero-order valence-electron chi connectivity index (χ0n) is 21.7. The third-order valence-electron chi connectivity index (χ3n) is 6.94. The predicted octanol–water partition coefficient (Wildman–Crippen LogP) is 5.19.